The number of hydrogen-bond acceptors (Lipinski definition) is 0. The number of nitrogens with one attached hydrogen (secondary N) is 1. The third-order valence-corrected chi connectivity index (χ3v) is 4.75. The van der Waals surface area contributed by atoms with Gasteiger partial charge in [0.05, 0.1) is 13.1 Å². The number of quaternary nitrogens is 1. The summed E-state index contributed by atoms with van der Waals surface area (Å²) in [6, 6.07) is 13.9. The molecule has 0 saturated heterocycles. The first-order valence-electron chi connectivity index (χ1n) is 6.39. The Morgan fingerprint density at radius 1 is 1.06 bits per heavy atom. The lowest BCUT2D eigenvalue weighted by atomic mass is 9.81. The van der Waals surface area contributed by atoms with E-state index in [1.165, 1.54) is 22.0 Å². The van der Waals surface area contributed by atoms with Gasteiger partial charge in [-0.05, 0) is 32.2 Å². The van der Waals surface area contributed by atoms with Gasteiger partial charge in [-0.15, -0.1) is 0 Å². The van der Waals surface area contributed by atoms with Gasteiger partial charge in [-0.2, -0.15) is 0 Å². The van der Waals surface area contributed by atoms with E-state index in [0.717, 1.165) is 0 Å². The van der Waals surface area contributed by atoms with Crippen molar-refractivity contribution in [1.82, 2.24) is 0 Å². The van der Waals surface area contributed by atoms with Gasteiger partial charge in [-0.25, -0.2) is 0 Å². The summed E-state index contributed by atoms with van der Waals surface area (Å²) in [5.41, 5.74) is 3.28. The molecular weight excluding hydrogens is 333 g/mol. The number of rotatable bonds is 0. The Kier molecular flexibility index (Phi) is 3.45. The molecule has 1 N–H and O–H groups in total. The van der Waals surface area contributed by atoms with Crippen molar-refractivity contribution in [3.63, 3.8) is 0 Å². The summed E-state index contributed by atoms with van der Waals surface area (Å²) in [5.74, 6) is 0. The van der Waals surface area contributed by atoms with E-state index in [1.807, 2.05) is 0 Å². The molecule has 0 radical (unpaired) electrons. The molecule has 0 amide bonds. The van der Waals surface area contributed by atoms with Gasteiger partial charge in [0.25, 0.3) is 0 Å². The Bertz CT molecular complexity index is 589. The van der Waals surface area contributed by atoms with Crippen LogP contribution in [0.2, 0.25) is 0 Å². The summed E-state index contributed by atoms with van der Waals surface area (Å²) in [6.07, 6.45) is 0. The van der Waals surface area contributed by atoms with Crippen LogP contribution in [-0.4, -0.2) is 13.1 Å². The van der Waals surface area contributed by atoms with E-state index in [9.17, 15) is 0 Å². The quantitative estimate of drug-likeness (QED) is 0.619. The van der Waals surface area contributed by atoms with Crippen LogP contribution in [0.25, 0.3) is 10.8 Å². The minimum atomic E-state index is 0. The number of halogens is 1. The fourth-order valence-electron chi connectivity index (χ4n) is 3.22. The second-order valence-corrected chi connectivity index (χ2v) is 5.84. The highest BCUT2D eigenvalue weighted by Gasteiger charge is 2.45. The van der Waals surface area contributed by atoms with Gasteiger partial charge in [0, 0.05) is 16.4 Å². The van der Waals surface area contributed by atoms with Crippen molar-refractivity contribution in [1.29, 1.82) is 0 Å². The Morgan fingerprint density at radius 2 is 1.72 bits per heavy atom. The predicted molar refractivity (Wildman–Crippen MR) is 73.0 cm³/mol. The first kappa shape index (κ1) is 13.8. The summed E-state index contributed by atoms with van der Waals surface area (Å²) in [4.78, 5) is 1.54. The van der Waals surface area contributed by atoms with E-state index < -0.39 is 0 Å². The van der Waals surface area contributed by atoms with Crippen LogP contribution >= 0.6 is 0 Å². The van der Waals surface area contributed by atoms with Gasteiger partial charge in [-0.1, -0.05) is 30.3 Å². The Morgan fingerprint density at radius 3 is 2.44 bits per heavy atom. The van der Waals surface area contributed by atoms with Crippen LogP contribution in [0, 0.1) is 0 Å². The van der Waals surface area contributed by atoms with E-state index in [2.05, 4.69) is 64.2 Å². The number of benzene rings is 2. The molecule has 0 aromatic heterocycles. The lowest BCUT2D eigenvalue weighted by Crippen LogP contribution is -3.07. The normalized spacial score (nSPS) is 24.7. The van der Waals surface area contributed by atoms with Crippen molar-refractivity contribution >= 4 is 16.5 Å². The molecule has 1 heterocycles. The van der Waals surface area contributed by atoms with E-state index >= 15 is 0 Å². The maximum atomic E-state index is 2.36. The number of likely N-dealkylation sites (N-methyl/N-ethyl adjacent to an activating group) is 1. The minimum Gasteiger partial charge on any atom is -1.00 e. The van der Waals surface area contributed by atoms with Gasteiger partial charge in [0.15, 0.2) is 0 Å². The Labute approximate surface area is 126 Å². The summed E-state index contributed by atoms with van der Waals surface area (Å²) in [7, 11) is 2.30. The zero-order chi connectivity index (χ0) is 12.2. The van der Waals surface area contributed by atoms with E-state index in [0.29, 0.717) is 6.04 Å². The van der Waals surface area contributed by atoms with Crippen LogP contribution in [0.1, 0.15) is 26.3 Å². The number of fused-ring (bicyclic) bond motifs is 3. The molecule has 0 fully saturated rings. The summed E-state index contributed by atoms with van der Waals surface area (Å²) >= 11 is 0. The first-order valence-corrected chi connectivity index (χ1v) is 6.39. The van der Waals surface area contributed by atoms with Gasteiger partial charge in [-0.3, -0.25) is 0 Å². The fraction of sp³-hybridized carbons (Fsp3) is 0.375. The summed E-state index contributed by atoms with van der Waals surface area (Å²) < 4.78 is 0. The molecule has 96 valence electrons. The molecule has 2 unspecified atom stereocenters. The summed E-state index contributed by atoms with van der Waals surface area (Å²) in [5, 5.41) is 2.77. The molecule has 0 bridgehead atoms. The van der Waals surface area contributed by atoms with Crippen molar-refractivity contribution < 1.29 is 28.9 Å². The van der Waals surface area contributed by atoms with Crippen LogP contribution < -0.4 is 28.9 Å². The topological polar surface area (TPSA) is 4.44 Å². The molecule has 0 aliphatic carbocycles. The lowest BCUT2D eigenvalue weighted by Gasteiger charge is -2.23. The standard InChI is InChI=1S/C16H19N.HI/c1-11-16(2,3)14-10-9-12-7-5-6-8-13(12)15(14)17(11)4;/h5-11H,1-4H3;1H. The van der Waals surface area contributed by atoms with Gasteiger partial charge in [0.1, 0.15) is 5.69 Å². The molecule has 1 aliphatic heterocycles. The third kappa shape index (κ3) is 1.69. The highest BCUT2D eigenvalue weighted by atomic mass is 127. The molecule has 2 atom stereocenters. The maximum Gasteiger partial charge on any atom is 0.143 e. The molecule has 3 rings (SSSR count). The molecule has 2 aromatic rings. The van der Waals surface area contributed by atoms with Crippen molar-refractivity contribution in [2.24, 2.45) is 0 Å². The Hall–Kier alpha value is -0.610. The van der Waals surface area contributed by atoms with Crippen LogP contribution in [0.3, 0.4) is 0 Å². The van der Waals surface area contributed by atoms with Crippen molar-refractivity contribution in [2.75, 3.05) is 7.05 Å². The minimum absolute atomic E-state index is 0. The molecule has 2 aromatic carbocycles. The van der Waals surface area contributed by atoms with Gasteiger partial charge >= 0.3 is 0 Å². The second kappa shape index (κ2) is 4.49. The van der Waals surface area contributed by atoms with Gasteiger partial charge in [0.2, 0.25) is 0 Å². The zero-order valence-corrected chi connectivity index (χ0v) is 13.6. The predicted octanol–water partition coefficient (Wildman–Crippen LogP) is -0.330. The van der Waals surface area contributed by atoms with Crippen molar-refractivity contribution in [3.05, 3.63) is 42.0 Å². The summed E-state index contributed by atoms with van der Waals surface area (Å²) in [6.45, 7) is 7.08. The Balaban J connectivity index is 0.00000120. The average Bonchev–Trinajstić information content (AvgIpc) is 2.51. The highest BCUT2D eigenvalue weighted by molar-refractivity contribution is 5.93. The van der Waals surface area contributed by atoms with E-state index in [1.54, 1.807) is 4.90 Å². The van der Waals surface area contributed by atoms with Crippen LogP contribution in [-0.2, 0) is 5.41 Å². The van der Waals surface area contributed by atoms with Crippen LogP contribution in [0.4, 0.5) is 5.69 Å². The molecule has 1 aliphatic rings. The number of hydrogen-bond donors (Lipinski definition) is 1. The third-order valence-electron chi connectivity index (χ3n) is 4.75. The first-order chi connectivity index (χ1) is 8.03. The molecule has 0 spiro atoms. The zero-order valence-electron chi connectivity index (χ0n) is 11.4. The van der Waals surface area contributed by atoms with Crippen molar-refractivity contribution in [3.8, 4) is 0 Å². The SMILES string of the molecule is CC1[NH+](C)c2c(ccc3ccccc23)C1(C)C.[I-]. The monoisotopic (exact) mass is 353 g/mol. The maximum absolute atomic E-state index is 2.36. The van der Waals surface area contributed by atoms with Crippen LogP contribution in [0.15, 0.2) is 36.4 Å². The second-order valence-electron chi connectivity index (χ2n) is 5.84. The molecule has 0 saturated carbocycles. The fourth-order valence-corrected chi connectivity index (χ4v) is 3.22. The van der Waals surface area contributed by atoms with Crippen molar-refractivity contribution in [2.45, 2.75) is 32.2 Å². The smallest absolute Gasteiger partial charge is 0.143 e. The van der Waals surface area contributed by atoms with Gasteiger partial charge < -0.3 is 28.9 Å². The van der Waals surface area contributed by atoms with E-state index in [4.69, 9.17) is 0 Å². The average molecular weight is 353 g/mol. The highest BCUT2D eigenvalue weighted by Crippen LogP contribution is 2.39. The lowest BCUT2D eigenvalue weighted by molar-refractivity contribution is -0.833. The van der Waals surface area contributed by atoms with Crippen LogP contribution in [0.5, 0.6) is 0 Å². The molecule has 2 heteroatoms. The van der Waals surface area contributed by atoms with E-state index in [-0.39, 0.29) is 29.4 Å². The molecular formula is C16H20IN. The molecule has 1 nitrogen and oxygen atoms in total. The molecule has 18 heavy (non-hydrogen) atoms. The largest absolute Gasteiger partial charge is 1.00 e.